The van der Waals surface area contributed by atoms with Gasteiger partial charge in [-0.05, 0) is 35.4 Å². The fourth-order valence-corrected chi connectivity index (χ4v) is 25.1. The van der Waals surface area contributed by atoms with Gasteiger partial charge in [0.05, 0.1) is 88.5 Å². The number of nitrogen functional groups attached to an aromatic ring is 6. The molecule has 10 saturated heterocycles. The number of alkyl halides is 3. The molecular formula is C59H67F3N32O30P6S4. The van der Waals surface area contributed by atoms with Crippen molar-refractivity contribution in [1.82, 2.24) is 128 Å². The zero-order chi connectivity index (χ0) is 94.1. The lowest BCUT2D eigenvalue weighted by atomic mass is 10.0. The lowest BCUT2D eigenvalue weighted by Gasteiger charge is -2.33. The maximum atomic E-state index is 16.0. The number of ether oxygens (including phenoxy) is 6. The van der Waals surface area contributed by atoms with Crippen molar-refractivity contribution >= 4 is 188 Å². The van der Waals surface area contributed by atoms with Crippen molar-refractivity contribution in [2.75, 3.05) is 80.7 Å². The van der Waals surface area contributed by atoms with Gasteiger partial charge < -0.3 is 110 Å². The van der Waals surface area contributed by atoms with Crippen LogP contribution >= 0.6 is 55.4 Å². The molecule has 718 valence electrons. The van der Waals surface area contributed by atoms with Crippen molar-refractivity contribution in [2.24, 2.45) is 0 Å². The van der Waals surface area contributed by atoms with Gasteiger partial charge in [0.2, 0.25) is 17.8 Å². The van der Waals surface area contributed by atoms with E-state index in [0.717, 1.165) is 27.5 Å². The molecule has 0 aromatic carbocycles. The van der Waals surface area contributed by atoms with Crippen molar-refractivity contribution in [1.29, 1.82) is 0 Å². The van der Waals surface area contributed by atoms with Crippen molar-refractivity contribution in [2.45, 2.75) is 146 Å². The number of nitrogens with one attached hydrogen (secondary N) is 3. The average molecular weight is 2080 g/mol. The first kappa shape index (κ1) is 92.9. The fourth-order valence-electron chi connectivity index (χ4n) is 16.2. The number of aromatic nitrogens is 26. The van der Waals surface area contributed by atoms with Gasteiger partial charge in [0.1, 0.15) is 109 Å². The van der Waals surface area contributed by atoms with E-state index < -0.39 is 226 Å². The van der Waals surface area contributed by atoms with Crippen molar-refractivity contribution in [3.05, 3.63) is 80.9 Å². The number of fused-ring (bicyclic) bond motifs is 14. The summed E-state index contributed by atoms with van der Waals surface area (Å²) >= 11 is 16.6. The molecule has 75 heteroatoms. The number of phosphoric ester groups is 3. The van der Waals surface area contributed by atoms with Gasteiger partial charge in [-0.15, -0.1) is 22.0 Å². The molecule has 12 aromatic rings. The van der Waals surface area contributed by atoms with E-state index in [9.17, 15) is 57.4 Å². The van der Waals surface area contributed by atoms with Gasteiger partial charge in [-0.2, -0.15) is 29.4 Å². The molecule has 10 fully saturated rings. The molecule has 22 heterocycles. The third kappa shape index (κ3) is 17.6. The summed E-state index contributed by atoms with van der Waals surface area (Å²) in [5.41, 5.74) is 31.8. The third-order valence-corrected chi connectivity index (χ3v) is 31.3. The molecule has 62 nitrogen and oxygen atoms in total. The molecule has 0 amide bonds. The lowest BCUT2D eigenvalue weighted by molar-refractivity contribution is -0.183. The van der Waals surface area contributed by atoms with Crippen LogP contribution in [0.15, 0.2) is 58.5 Å². The summed E-state index contributed by atoms with van der Waals surface area (Å²) in [6.45, 7) is -16.6. The molecule has 28 atom stereocenters. The highest BCUT2D eigenvalue weighted by Gasteiger charge is 2.67. The van der Waals surface area contributed by atoms with Crippen LogP contribution in [0.1, 0.15) is 54.9 Å². The van der Waals surface area contributed by atoms with E-state index in [1.54, 1.807) is 0 Å². The van der Waals surface area contributed by atoms with Crippen LogP contribution < -0.4 is 51.1 Å². The minimum Gasteiger partial charge on any atom is -0.382 e. The van der Waals surface area contributed by atoms with Gasteiger partial charge in [-0.1, -0.05) is 10.4 Å². The standard InChI is InChI=1S/C21H23FN10O10P2S2.C20H24N10O10P2S.C18H20F2N12O10P2S/c22-8-7-1-38-43(34,35)42-13-12-18(31-5-27-9-14(23)25-4-26-15(9)31)40-21(13,2-37-12)3-39-44(36,45)41-11(8)19(46-7)32-6-28-10-16(32)29-20(24)30-17(10)33;21-15-17-23-3-9(30(17)26-6-24-15)10-2-11-13(38-10)5-36-42(34,43)40-12-1-8(4-35-41(32,33)39-11)37-19(12)29-7-25-14-16(29)27-20(22)28-18(14)31;19-6-4-1-37-43(34,35)41-10-5(40-16(7(10)20)31-13-8(27-29-31)12(21)23-3-24-13)2-38-44(36,45)42-11(6)17(39-4)32-14-9(28-30-32)15(33)26-18(22)25-14/h4-8,11-13,18-19H,1-3H2,(H,34,35)(H,36,45)(H2,23,25,26)(H3,24,29,30,33);3,6-8,10-13,19H,1-2,4-5H2,(H,32,33)(H,34,43)(H2,21,24,26)(H3,22,27,28,31);3-7,10-11,16-17H,1-2H2,(H,34,35)(H,36,45)(H2,21,23,24)(H3,22,25,26,33)/t7-,8+,11-,12?,13+,18-,19-,21-,44?;8-,10+,11-,12+,13+,19+,42?;4-,5-,6+,7+,10-,11-,16-,17-,44?/m101/s1. The van der Waals surface area contributed by atoms with Gasteiger partial charge in [0, 0.05) is 12.8 Å². The van der Waals surface area contributed by atoms with Crippen LogP contribution in [0.25, 0.3) is 61.5 Å². The van der Waals surface area contributed by atoms with Crippen LogP contribution in [0.3, 0.4) is 0 Å². The van der Waals surface area contributed by atoms with Crippen LogP contribution in [0.5, 0.6) is 0 Å². The first-order valence-corrected chi connectivity index (χ1v) is 52.0. The molecule has 10 aliphatic heterocycles. The molecule has 0 saturated carbocycles. The van der Waals surface area contributed by atoms with Gasteiger partial charge >= 0.3 is 43.6 Å². The van der Waals surface area contributed by atoms with Crippen LogP contribution in [-0.2, 0) is 132 Å². The molecule has 12 aromatic heterocycles. The molecule has 10 aliphatic rings. The van der Waals surface area contributed by atoms with E-state index in [4.69, 9.17) is 153 Å². The summed E-state index contributed by atoms with van der Waals surface area (Å²) in [5, 5.41) is 17.0. The number of hydrogen-bond acceptors (Lipinski definition) is 51. The summed E-state index contributed by atoms with van der Waals surface area (Å²) in [6.07, 6.45) is -18.0. The van der Waals surface area contributed by atoms with Crippen LogP contribution in [0, 0.1) is 0 Å². The molecule has 7 unspecified atom stereocenters. The average Bonchev–Trinajstić information content (AvgIpc) is 1.55. The summed E-state index contributed by atoms with van der Waals surface area (Å²) < 4.78 is 196. The second-order valence-corrected chi connectivity index (χ2v) is 44.5. The van der Waals surface area contributed by atoms with E-state index in [1.165, 1.54) is 56.1 Å². The normalized spacial score (nSPS) is 37.6. The van der Waals surface area contributed by atoms with Crippen LogP contribution in [0.2, 0.25) is 0 Å². The van der Waals surface area contributed by atoms with Gasteiger partial charge in [-0.3, -0.25) is 79.2 Å². The van der Waals surface area contributed by atoms with Crippen LogP contribution in [-0.4, -0.2) is 300 Å². The quantitative estimate of drug-likeness (QED) is 0.0806. The molecule has 8 bridgehead atoms. The highest BCUT2D eigenvalue weighted by atomic mass is 32.5. The summed E-state index contributed by atoms with van der Waals surface area (Å²) in [4.78, 5) is 158. The number of nitrogens with zero attached hydrogens (tertiary/aromatic N) is 23. The van der Waals surface area contributed by atoms with E-state index in [0.29, 0.717) is 11.3 Å². The first-order valence-electron chi connectivity index (χ1n) is 38.8. The Morgan fingerprint density at radius 3 is 1.75 bits per heavy atom. The lowest BCUT2D eigenvalue weighted by Crippen LogP contribution is -2.45. The maximum absolute atomic E-state index is 16.0. The second-order valence-electron chi connectivity index (χ2n) is 30.6. The minimum atomic E-state index is -5.18. The predicted octanol–water partition coefficient (Wildman–Crippen LogP) is -1.93. The molecule has 22 rings (SSSR count). The Bertz CT molecular complexity index is 7160. The van der Waals surface area contributed by atoms with E-state index in [2.05, 4.69) is 100 Å². The number of nitrogens with two attached hydrogens (primary N) is 6. The largest absolute Gasteiger partial charge is 0.472 e. The molecule has 0 aliphatic carbocycles. The Balaban J connectivity index is 0.000000125. The zero-order valence-corrected chi connectivity index (χ0v) is 75.3. The van der Waals surface area contributed by atoms with Crippen molar-refractivity contribution in [3.63, 3.8) is 0 Å². The van der Waals surface area contributed by atoms with E-state index in [-0.39, 0.29) is 117 Å². The molecular weight excluding hydrogens is 2010 g/mol. The second kappa shape index (κ2) is 35.0. The summed E-state index contributed by atoms with van der Waals surface area (Å²) in [6, 6.07) is 0. The molecule has 134 heavy (non-hydrogen) atoms. The number of hydrogen-bond donors (Lipinski definition) is 15. The van der Waals surface area contributed by atoms with Crippen molar-refractivity contribution < 1.29 is 139 Å². The Hall–Kier alpha value is -8.82. The van der Waals surface area contributed by atoms with Gasteiger partial charge in [-0.25, -0.2) is 76.2 Å². The first-order chi connectivity index (χ1) is 63.6. The number of imidazole rings is 4. The predicted molar refractivity (Wildman–Crippen MR) is 448 cm³/mol. The minimum absolute atomic E-state index is 0.00545. The Kier molecular flexibility index (Phi) is 24.2. The third-order valence-electron chi connectivity index (χ3n) is 22.1. The van der Waals surface area contributed by atoms with Crippen molar-refractivity contribution in [3.8, 4) is 0 Å². The Morgan fingerprint density at radius 2 is 1.02 bits per heavy atom. The Labute approximate surface area is 758 Å². The van der Waals surface area contributed by atoms with E-state index >= 15 is 13.2 Å². The fraction of sp³-hybridized carbons (Fsp3) is 0.525. The van der Waals surface area contributed by atoms with Crippen LogP contribution in [0.4, 0.5) is 48.5 Å². The molecule has 21 N–H and O–H groups in total. The SMILES string of the molecule is Nc1nc2c(ncn2[C@@H]2O[C@@H]3COP(=O)(O)O[C@H]4C[C@H](c5cnc6c(N)ncnn56)O[C@@H]4COP(O)(=S)O[C@@H]2C3)c(=O)[nH]1.Nc1nc2c(ncn2[C@@H]2S[C@@H]3COP(=O)(O)O[C@H]4C5OC[C@]4(COP(O)(=S)O[C@@H]2[C@H]3F)O[C@H]5n2cnc3c(N)ncnc32)c(=O)[nH]1.Nc1nc2c(nnn2[C@@H]2O[C@@H]3COP(=O)(O)O[C@H]4[C@H](F)[C@H](n5nnc6c(N)ncnc65)O[C@@H]4COP(O)(=S)O[C@@H]2[C@H]3F)c(=O)[nH]1. The zero-order valence-electron chi connectivity index (χ0n) is 66.7. The number of thioether (sulfide) groups is 1. The monoisotopic (exact) mass is 2070 g/mol. The topological polar surface area (TPSA) is 842 Å². The summed E-state index contributed by atoms with van der Waals surface area (Å²) in [7, 11) is -14.8. The highest BCUT2D eigenvalue weighted by molar-refractivity contribution is 8.07. The number of phosphoric acid groups is 3. The number of aromatic amines is 3. The van der Waals surface area contributed by atoms with Gasteiger partial charge in [0.25, 0.3) is 16.7 Å². The molecule has 0 radical (unpaired) electrons. The smallest absolute Gasteiger partial charge is 0.382 e. The van der Waals surface area contributed by atoms with Gasteiger partial charge in [0.15, 0.2) is 111 Å². The number of rotatable bonds is 6. The number of anilines is 6. The number of halogens is 3. The summed E-state index contributed by atoms with van der Waals surface area (Å²) in [5.74, 6) is -0.490. The molecule has 0 spiro atoms. The number of H-pyrrole nitrogens is 3. The maximum Gasteiger partial charge on any atom is 0.472 e. The van der Waals surface area contributed by atoms with E-state index in [1.807, 2.05) is 0 Å². The highest BCUT2D eigenvalue weighted by Crippen LogP contribution is 2.62. The Morgan fingerprint density at radius 1 is 0.455 bits per heavy atom.